The van der Waals surface area contributed by atoms with Crippen LogP contribution in [0.5, 0.6) is 0 Å². The second kappa shape index (κ2) is 4.75. The predicted molar refractivity (Wildman–Crippen MR) is 71.8 cm³/mol. The highest BCUT2D eigenvalue weighted by Gasteiger charge is 2.55. The van der Waals surface area contributed by atoms with Crippen LogP contribution in [0.3, 0.4) is 0 Å². The van der Waals surface area contributed by atoms with Gasteiger partial charge in [0.2, 0.25) is 5.91 Å². The molecule has 1 aliphatic heterocycles. The van der Waals surface area contributed by atoms with Crippen LogP contribution in [-0.2, 0) is 9.59 Å². The van der Waals surface area contributed by atoms with Crippen LogP contribution in [-0.4, -0.2) is 40.9 Å². The molecule has 4 amide bonds. The molecule has 0 aromatic carbocycles. The van der Waals surface area contributed by atoms with Gasteiger partial charge in [-0.25, -0.2) is 4.79 Å². The Kier molecular flexibility index (Phi) is 3.18. The normalized spacial score (nSPS) is 33.5. The average molecular weight is 279 g/mol. The zero-order chi connectivity index (χ0) is 14.3. The molecule has 110 valence electrons. The number of hydrogen-bond donors (Lipinski definition) is 2. The number of carbonyl (C=O) groups is 3. The highest BCUT2D eigenvalue weighted by Crippen LogP contribution is 2.38. The third-order valence-electron chi connectivity index (χ3n) is 4.75. The quantitative estimate of drug-likeness (QED) is 0.749. The lowest BCUT2D eigenvalue weighted by Crippen LogP contribution is -2.54. The Balaban J connectivity index is 1.70. The number of rotatable bonds is 3. The fourth-order valence-corrected chi connectivity index (χ4v) is 3.28. The highest BCUT2D eigenvalue weighted by molar-refractivity contribution is 6.09. The lowest BCUT2D eigenvalue weighted by Gasteiger charge is -2.36. The van der Waals surface area contributed by atoms with Gasteiger partial charge in [0.05, 0.1) is 0 Å². The molecule has 3 rings (SSSR count). The van der Waals surface area contributed by atoms with Gasteiger partial charge in [-0.05, 0) is 31.6 Å². The molecule has 0 aromatic heterocycles. The molecule has 3 aliphatic rings. The summed E-state index contributed by atoms with van der Waals surface area (Å²) in [4.78, 5) is 37.5. The summed E-state index contributed by atoms with van der Waals surface area (Å²) in [6, 6.07) is -0.180. The van der Waals surface area contributed by atoms with E-state index < -0.39 is 11.6 Å². The van der Waals surface area contributed by atoms with Crippen LogP contribution in [0.4, 0.5) is 4.79 Å². The van der Waals surface area contributed by atoms with Crippen LogP contribution in [0.1, 0.15) is 45.4 Å². The van der Waals surface area contributed by atoms with E-state index in [1.807, 2.05) is 6.92 Å². The smallest absolute Gasteiger partial charge is 0.325 e. The van der Waals surface area contributed by atoms with Crippen LogP contribution >= 0.6 is 0 Å². The van der Waals surface area contributed by atoms with Crippen molar-refractivity contribution < 1.29 is 14.4 Å². The molecular weight excluding hydrogens is 258 g/mol. The van der Waals surface area contributed by atoms with Crippen molar-refractivity contribution in [3.8, 4) is 0 Å². The summed E-state index contributed by atoms with van der Waals surface area (Å²) < 4.78 is 0. The van der Waals surface area contributed by atoms with Gasteiger partial charge in [-0.1, -0.05) is 19.8 Å². The summed E-state index contributed by atoms with van der Waals surface area (Å²) in [5, 5.41) is 5.66. The van der Waals surface area contributed by atoms with E-state index in [1.54, 1.807) is 0 Å². The summed E-state index contributed by atoms with van der Waals surface area (Å²) in [6.45, 7) is 1.85. The van der Waals surface area contributed by atoms with E-state index in [1.165, 1.54) is 0 Å². The van der Waals surface area contributed by atoms with E-state index in [9.17, 15) is 14.4 Å². The van der Waals surface area contributed by atoms with Crippen molar-refractivity contribution in [2.45, 2.75) is 57.0 Å². The molecule has 2 unspecified atom stereocenters. The summed E-state index contributed by atoms with van der Waals surface area (Å²) in [7, 11) is 0. The van der Waals surface area contributed by atoms with Crippen molar-refractivity contribution in [2.24, 2.45) is 5.92 Å². The van der Waals surface area contributed by atoms with Crippen molar-refractivity contribution in [3.05, 3.63) is 0 Å². The first-order chi connectivity index (χ1) is 9.53. The molecule has 20 heavy (non-hydrogen) atoms. The Hall–Kier alpha value is -1.59. The van der Waals surface area contributed by atoms with Crippen LogP contribution in [0.15, 0.2) is 0 Å². The van der Waals surface area contributed by atoms with Gasteiger partial charge in [-0.15, -0.1) is 0 Å². The van der Waals surface area contributed by atoms with Gasteiger partial charge in [0, 0.05) is 6.04 Å². The third kappa shape index (κ3) is 2.17. The summed E-state index contributed by atoms with van der Waals surface area (Å²) in [6.07, 6.45) is 5.64. The van der Waals surface area contributed by atoms with E-state index in [0.29, 0.717) is 6.42 Å². The number of nitrogens with one attached hydrogen (secondary N) is 2. The monoisotopic (exact) mass is 279 g/mol. The predicted octanol–water partition coefficient (Wildman–Crippen LogP) is 0.766. The van der Waals surface area contributed by atoms with E-state index in [4.69, 9.17) is 0 Å². The summed E-state index contributed by atoms with van der Waals surface area (Å²) in [5.74, 6) is -0.332. The molecule has 0 radical (unpaired) electrons. The van der Waals surface area contributed by atoms with Gasteiger partial charge < -0.3 is 10.6 Å². The molecule has 6 heteroatoms. The highest BCUT2D eigenvalue weighted by atomic mass is 16.2. The molecule has 6 nitrogen and oxygen atoms in total. The molecule has 1 saturated heterocycles. The second-order valence-electron chi connectivity index (χ2n) is 6.28. The van der Waals surface area contributed by atoms with Crippen molar-refractivity contribution in [2.75, 3.05) is 6.54 Å². The molecular formula is C14H21N3O3. The standard InChI is InChI=1S/C14H21N3O3/c1-9-4-2-3-7-14(9)12(19)17(13(20)16-14)8-11(18)15-10-5-6-10/h9-10H,2-8H2,1H3,(H,15,18)(H,16,20). The Morgan fingerprint density at radius 3 is 2.75 bits per heavy atom. The Morgan fingerprint density at radius 2 is 2.10 bits per heavy atom. The maximum Gasteiger partial charge on any atom is 0.325 e. The van der Waals surface area contributed by atoms with Crippen LogP contribution in [0.25, 0.3) is 0 Å². The minimum absolute atomic E-state index is 0.129. The minimum Gasteiger partial charge on any atom is -0.352 e. The van der Waals surface area contributed by atoms with Crippen molar-refractivity contribution in [3.63, 3.8) is 0 Å². The SMILES string of the molecule is CC1CCCCC12NC(=O)N(CC(=O)NC1CC1)C2=O. The average Bonchev–Trinajstić information content (AvgIpc) is 3.17. The topological polar surface area (TPSA) is 78.5 Å². The van der Waals surface area contributed by atoms with Gasteiger partial charge in [0.15, 0.2) is 0 Å². The second-order valence-corrected chi connectivity index (χ2v) is 6.28. The Labute approximate surface area is 118 Å². The number of amides is 4. The molecule has 2 saturated carbocycles. The maximum atomic E-state index is 12.6. The summed E-state index contributed by atoms with van der Waals surface area (Å²) >= 11 is 0. The van der Waals surface area contributed by atoms with Gasteiger partial charge in [-0.3, -0.25) is 14.5 Å². The first kappa shape index (κ1) is 13.4. The van der Waals surface area contributed by atoms with E-state index in [2.05, 4.69) is 10.6 Å². The molecule has 1 heterocycles. The molecule has 3 fully saturated rings. The molecule has 0 bridgehead atoms. The van der Waals surface area contributed by atoms with Gasteiger partial charge in [0.1, 0.15) is 12.1 Å². The number of imide groups is 1. The fourth-order valence-electron chi connectivity index (χ4n) is 3.28. The zero-order valence-corrected chi connectivity index (χ0v) is 11.8. The van der Waals surface area contributed by atoms with Crippen molar-refractivity contribution in [1.29, 1.82) is 0 Å². The lowest BCUT2D eigenvalue weighted by molar-refractivity contribution is -0.137. The van der Waals surface area contributed by atoms with E-state index >= 15 is 0 Å². The number of hydrogen-bond acceptors (Lipinski definition) is 3. The number of nitrogens with zero attached hydrogens (tertiary/aromatic N) is 1. The minimum atomic E-state index is -0.769. The lowest BCUT2D eigenvalue weighted by atomic mass is 9.73. The van der Waals surface area contributed by atoms with Crippen LogP contribution in [0.2, 0.25) is 0 Å². The molecule has 2 atom stereocenters. The Morgan fingerprint density at radius 1 is 1.35 bits per heavy atom. The molecule has 0 aromatic rings. The fraction of sp³-hybridized carbons (Fsp3) is 0.786. The first-order valence-electron chi connectivity index (χ1n) is 7.46. The number of urea groups is 1. The summed E-state index contributed by atoms with van der Waals surface area (Å²) in [5.41, 5.74) is -0.769. The van der Waals surface area contributed by atoms with Gasteiger partial charge >= 0.3 is 6.03 Å². The van der Waals surface area contributed by atoms with E-state index in [-0.39, 0.29) is 30.3 Å². The Bertz CT molecular complexity index is 461. The van der Waals surface area contributed by atoms with Gasteiger partial charge in [-0.2, -0.15) is 0 Å². The van der Waals surface area contributed by atoms with E-state index in [0.717, 1.165) is 37.0 Å². The largest absolute Gasteiger partial charge is 0.352 e. The van der Waals surface area contributed by atoms with Gasteiger partial charge in [0.25, 0.3) is 5.91 Å². The van der Waals surface area contributed by atoms with Crippen molar-refractivity contribution >= 4 is 17.8 Å². The molecule has 2 aliphatic carbocycles. The number of carbonyl (C=O) groups excluding carboxylic acids is 3. The van der Waals surface area contributed by atoms with Crippen LogP contribution < -0.4 is 10.6 Å². The van der Waals surface area contributed by atoms with Crippen molar-refractivity contribution in [1.82, 2.24) is 15.5 Å². The zero-order valence-electron chi connectivity index (χ0n) is 11.8. The molecule has 1 spiro atoms. The van der Waals surface area contributed by atoms with Crippen LogP contribution in [0, 0.1) is 5.92 Å². The first-order valence-corrected chi connectivity index (χ1v) is 7.46. The maximum absolute atomic E-state index is 12.6. The third-order valence-corrected chi connectivity index (χ3v) is 4.75. The molecule has 2 N–H and O–H groups in total.